The minimum atomic E-state index is -0.676. The first-order valence-electron chi connectivity index (χ1n) is 5.38. The van der Waals surface area contributed by atoms with Crippen LogP contribution >= 0.6 is 23.8 Å². The molecule has 1 atom stereocenters. The van der Waals surface area contributed by atoms with Crippen molar-refractivity contribution in [2.45, 2.75) is 19.9 Å². The lowest BCUT2D eigenvalue weighted by atomic mass is 10.0. The van der Waals surface area contributed by atoms with E-state index in [9.17, 15) is 9.18 Å². The van der Waals surface area contributed by atoms with Gasteiger partial charge in [0, 0.05) is 5.02 Å². The Morgan fingerprint density at radius 1 is 1.50 bits per heavy atom. The van der Waals surface area contributed by atoms with Crippen molar-refractivity contribution in [3.8, 4) is 0 Å². The van der Waals surface area contributed by atoms with Crippen LogP contribution in [-0.2, 0) is 0 Å². The SMILES string of the molecule is CC(C)C(NC(=O)c1ccc(Cl)cc1F)C(N)=S. The molecule has 1 aromatic carbocycles. The zero-order valence-electron chi connectivity index (χ0n) is 10.0. The van der Waals surface area contributed by atoms with Crippen LogP contribution in [0.1, 0.15) is 24.2 Å². The number of halogens is 2. The van der Waals surface area contributed by atoms with Gasteiger partial charge in [-0.25, -0.2) is 4.39 Å². The number of amides is 1. The third kappa shape index (κ3) is 3.65. The second kappa shape index (κ2) is 6.11. The summed E-state index contributed by atoms with van der Waals surface area (Å²) in [6.45, 7) is 3.73. The third-order valence-corrected chi connectivity index (χ3v) is 2.92. The van der Waals surface area contributed by atoms with E-state index >= 15 is 0 Å². The Balaban J connectivity index is 2.91. The van der Waals surface area contributed by atoms with Crippen molar-refractivity contribution in [1.82, 2.24) is 5.32 Å². The topological polar surface area (TPSA) is 55.1 Å². The zero-order valence-corrected chi connectivity index (χ0v) is 11.6. The smallest absolute Gasteiger partial charge is 0.254 e. The van der Waals surface area contributed by atoms with Crippen LogP contribution < -0.4 is 11.1 Å². The molecule has 6 heteroatoms. The molecule has 0 saturated heterocycles. The second-order valence-electron chi connectivity index (χ2n) is 4.22. The van der Waals surface area contributed by atoms with Gasteiger partial charge in [-0.2, -0.15) is 0 Å². The number of carbonyl (C=O) groups is 1. The molecule has 1 aromatic rings. The van der Waals surface area contributed by atoms with Gasteiger partial charge in [-0.15, -0.1) is 0 Å². The quantitative estimate of drug-likeness (QED) is 0.837. The summed E-state index contributed by atoms with van der Waals surface area (Å²) in [5, 5.41) is 2.84. The summed E-state index contributed by atoms with van der Waals surface area (Å²) in [5.41, 5.74) is 5.45. The van der Waals surface area contributed by atoms with E-state index in [0.717, 1.165) is 6.07 Å². The van der Waals surface area contributed by atoms with Gasteiger partial charge in [-0.3, -0.25) is 4.79 Å². The summed E-state index contributed by atoms with van der Waals surface area (Å²) < 4.78 is 13.5. The molecule has 98 valence electrons. The summed E-state index contributed by atoms with van der Waals surface area (Å²) in [4.78, 5) is 12.1. The lowest BCUT2D eigenvalue weighted by Gasteiger charge is -2.21. The molecule has 0 aromatic heterocycles. The van der Waals surface area contributed by atoms with Gasteiger partial charge in [0.15, 0.2) is 0 Å². The van der Waals surface area contributed by atoms with Gasteiger partial charge in [0.05, 0.1) is 16.6 Å². The fourth-order valence-electron chi connectivity index (χ4n) is 1.46. The molecule has 1 unspecified atom stereocenters. The van der Waals surface area contributed by atoms with Crippen LogP contribution in [0.25, 0.3) is 0 Å². The lowest BCUT2D eigenvalue weighted by molar-refractivity contribution is 0.0936. The Labute approximate surface area is 115 Å². The normalized spacial score (nSPS) is 12.3. The molecule has 0 aliphatic rings. The molecule has 1 amide bonds. The van der Waals surface area contributed by atoms with Gasteiger partial charge in [0.25, 0.3) is 5.91 Å². The van der Waals surface area contributed by atoms with Gasteiger partial charge >= 0.3 is 0 Å². The van der Waals surface area contributed by atoms with E-state index in [1.54, 1.807) is 0 Å². The van der Waals surface area contributed by atoms with Gasteiger partial charge in [-0.05, 0) is 24.1 Å². The van der Waals surface area contributed by atoms with E-state index in [2.05, 4.69) is 5.32 Å². The highest BCUT2D eigenvalue weighted by atomic mass is 35.5. The molecule has 0 fully saturated rings. The number of hydrogen-bond acceptors (Lipinski definition) is 2. The summed E-state index contributed by atoms with van der Waals surface area (Å²) in [7, 11) is 0. The van der Waals surface area contributed by atoms with Crippen molar-refractivity contribution < 1.29 is 9.18 Å². The maximum atomic E-state index is 13.5. The van der Waals surface area contributed by atoms with Gasteiger partial charge in [-0.1, -0.05) is 37.7 Å². The predicted octanol–water partition coefficient (Wildman–Crippen LogP) is 2.52. The van der Waals surface area contributed by atoms with Crippen LogP contribution in [0.15, 0.2) is 18.2 Å². The second-order valence-corrected chi connectivity index (χ2v) is 5.13. The highest BCUT2D eigenvalue weighted by Gasteiger charge is 2.21. The number of carbonyl (C=O) groups excluding carboxylic acids is 1. The van der Waals surface area contributed by atoms with Crippen LogP contribution in [0, 0.1) is 11.7 Å². The molecule has 0 spiro atoms. The molecule has 0 aliphatic carbocycles. The molecular weight excluding hydrogens is 275 g/mol. The van der Waals surface area contributed by atoms with Crippen molar-refractivity contribution in [2.75, 3.05) is 0 Å². The van der Waals surface area contributed by atoms with Crippen molar-refractivity contribution in [1.29, 1.82) is 0 Å². The van der Waals surface area contributed by atoms with Gasteiger partial charge in [0.2, 0.25) is 0 Å². The van der Waals surface area contributed by atoms with E-state index in [1.807, 2.05) is 13.8 Å². The average Bonchev–Trinajstić information content (AvgIpc) is 2.24. The number of hydrogen-bond donors (Lipinski definition) is 2. The van der Waals surface area contributed by atoms with E-state index in [0.29, 0.717) is 0 Å². The number of benzene rings is 1. The standard InChI is InChI=1S/C12H14ClFN2OS/c1-6(2)10(11(15)18)16-12(17)8-4-3-7(13)5-9(8)14/h3-6,10H,1-2H3,(H2,15,18)(H,16,17). The molecule has 3 nitrogen and oxygen atoms in total. The van der Waals surface area contributed by atoms with E-state index in [4.69, 9.17) is 29.6 Å². The van der Waals surface area contributed by atoms with E-state index < -0.39 is 17.8 Å². The number of nitrogens with one attached hydrogen (secondary N) is 1. The number of nitrogens with two attached hydrogens (primary N) is 1. The summed E-state index contributed by atoms with van der Waals surface area (Å²) in [6, 6.07) is 3.39. The highest BCUT2D eigenvalue weighted by Crippen LogP contribution is 2.15. The monoisotopic (exact) mass is 288 g/mol. The first-order valence-corrected chi connectivity index (χ1v) is 6.16. The Morgan fingerprint density at radius 3 is 2.56 bits per heavy atom. The summed E-state index contributed by atoms with van der Waals surface area (Å²) >= 11 is 10.5. The first kappa shape index (κ1) is 14.9. The fraction of sp³-hybridized carbons (Fsp3) is 0.333. The molecule has 1 rings (SSSR count). The fourth-order valence-corrected chi connectivity index (χ4v) is 1.95. The summed E-state index contributed by atoms with van der Waals surface area (Å²) in [6.07, 6.45) is 0. The van der Waals surface area contributed by atoms with Crippen molar-refractivity contribution >= 4 is 34.7 Å². The van der Waals surface area contributed by atoms with Crippen LogP contribution in [-0.4, -0.2) is 16.9 Å². The molecular formula is C12H14ClFN2OS. The van der Waals surface area contributed by atoms with Gasteiger partial charge in [0.1, 0.15) is 5.82 Å². The maximum Gasteiger partial charge on any atom is 0.254 e. The van der Waals surface area contributed by atoms with E-state index in [1.165, 1.54) is 12.1 Å². The molecule has 0 heterocycles. The van der Waals surface area contributed by atoms with Gasteiger partial charge < -0.3 is 11.1 Å². The highest BCUT2D eigenvalue weighted by molar-refractivity contribution is 7.80. The molecule has 18 heavy (non-hydrogen) atoms. The minimum absolute atomic E-state index is 0.0295. The number of thiocarbonyl (C=S) groups is 1. The predicted molar refractivity (Wildman–Crippen MR) is 74.3 cm³/mol. The lowest BCUT2D eigenvalue weighted by Crippen LogP contribution is -2.47. The van der Waals surface area contributed by atoms with Crippen LogP contribution in [0.5, 0.6) is 0 Å². The summed E-state index contributed by atoms with van der Waals surface area (Å²) in [5.74, 6) is -1.21. The largest absolute Gasteiger partial charge is 0.392 e. The Hall–Kier alpha value is -1.20. The minimum Gasteiger partial charge on any atom is -0.392 e. The van der Waals surface area contributed by atoms with Crippen LogP contribution in [0.3, 0.4) is 0 Å². The molecule has 0 saturated carbocycles. The van der Waals surface area contributed by atoms with Crippen molar-refractivity contribution in [3.63, 3.8) is 0 Å². The zero-order chi connectivity index (χ0) is 13.9. The Bertz CT molecular complexity index is 479. The Morgan fingerprint density at radius 2 is 2.11 bits per heavy atom. The van der Waals surface area contributed by atoms with Crippen LogP contribution in [0.4, 0.5) is 4.39 Å². The maximum absolute atomic E-state index is 13.5. The molecule has 0 aliphatic heterocycles. The van der Waals surface area contributed by atoms with Crippen molar-refractivity contribution in [2.24, 2.45) is 11.7 Å². The Kier molecular flexibility index (Phi) is 5.04. The third-order valence-electron chi connectivity index (χ3n) is 2.44. The molecule has 0 bridgehead atoms. The van der Waals surface area contributed by atoms with Crippen molar-refractivity contribution in [3.05, 3.63) is 34.6 Å². The molecule has 3 N–H and O–H groups in total. The number of rotatable bonds is 4. The average molecular weight is 289 g/mol. The van der Waals surface area contributed by atoms with Crippen LogP contribution in [0.2, 0.25) is 5.02 Å². The first-order chi connectivity index (χ1) is 8.32. The van der Waals surface area contributed by atoms with E-state index in [-0.39, 0.29) is 21.5 Å². The molecule has 0 radical (unpaired) electrons.